The Labute approximate surface area is 108 Å². The van der Waals surface area contributed by atoms with Gasteiger partial charge in [-0.15, -0.1) is 0 Å². The van der Waals surface area contributed by atoms with Crippen LogP contribution in [-0.4, -0.2) is 23.1 Å². The van der Waals surface area contributed by atoms with Gasteiger partial charge in [-0.25, -0.2) is 9.37 Å². The van der Waals surface area contributed by atoms with Gasteiger partial charge in [-0.05, 0) is 13.3 Å². The van der Waals surface area contributed by atoms with Gasteiger partial charge in [-0.2, -0.15) is 4.98 Å². The number of anilines is 2. The van der Waals surface area contributed by atoms with Crippen molar-refractivity contribution in [1.29, 1.82) is 0 Å². The number of nitrogens with one attached hydrogen (secondary N) is 2. The summed E-state index contributed by atoms with van der Waals surface area (Å²) in [5.41, 5.74) is 0. The largest absolute Gasteiger partial charge is 0.365 e. The zero-order chi connectivity index (χ0) is 13.4. The van der Waals surface area contributed by atoms with Gasteiger partial charge in [0.2, 0.25) is 5.95 Å². The molecule has 0 aliphatic carbocycles. The number of hydrogen-bond acceptors (Lipinski definition) is 4. The molecule has 1 rings (SSSR count). The average Bonchev–Trinajstić information content (AvgIpc) is 2.37. The summed E-state index contributed by atoms with van der Waals surface area (Å²) in [7, 11) is 1.71. The van der Waals surface area contributed by atoms with E-state index in [-0.39, 0.29) is 11.9 Å². The van der Waals surface area contributed by atoms with Crippen molar-refractivity contribution < 1.29 is 4.39 Å². The fraction of sp³-hybridized carbons (Fsp3) is 0.692. The second kappa shape index (κ2) is 7.84. The molecule has 1 atom stereocenters. The molecule has 1 aromatic heterocycles. The second-order valence-corrected chi connectivity index (χ2v) is 4.53. The number of halogens is 1. The maximum Gasteiger partial charge on any atom is 0.224 e. The van der Waals surface area contributed by atoms with E-state index in [1.807, 2.05) is 6.92 Å². The van der Waals surface area contributed by atoms with Crippen LogP contribution in [-0.2, 0) is 0 Å². The maximum absolute atomic E-state index is 13.5. The molecule has 1 unspecified atom stereocenters. The van der Waals surface area contributed by atoms with Crippen molar-refractivity contribution in [2.24, 2.45) is 0 Å². The van der Waals surface area contributed by atoms with Crippen molar-refractivity contribution in [3.05, 3.63) is 12.0 Å². The molecule has 0 amide bonds. The summed E-state index contributed by atoms with van der Waals surface area (Å²) in [6, 6.07) is 0.218. The average molecular weight is 254 g/mol. The van der Waals surface area contributed by atoms with Crippen molar-refractivity contribution in [2.45, 2.75) is 52.0 Å². The Balaban J connectivity index is 2.45. The minimum atomic E-state index is -0.408. The van der Waals surface area contributed by atoms with E-state index in [2.05, 4.69) is 27.5 Å². The van der Waals surface area contributed by atoms with Crippen LogP contribution in [0.2, 0.25) is 0 Å². The highest BCUT2D eigenvalue weighted by molar-refractivity contribution is 5.41. The van der Waals surface area contributed by atoms with Crippen LogP contribution >= 0.6 is 0 Å². The fourth-order valence-corrected chi connectivity index (χ4v) is 1.77. The zero-order valence-corrected chi connectivity index (χ0v) is 11.5. The van der Waals surface area contributed by atoms with Crippen LogP contribution in [0.15, 0.2) is 6.20 Å². The summed E-state index contributed by atoms with van der Waals surface area (Å²) in [6.07, 6.45) is 7.10. The molecule has 0 aliphatic heterocycles. The van der Waals surface area contributed by atoms with Crippen LogP contribution in [0.1, 0.15) is 46.0 Å². The van der Waals surface area contributed by atoms with Crippen LogP contribution in [0.3, 0.4) is 0 Å². The Bertz CT molecular complexity index is 357. The maximum atomic E-state index is 13.5. The molecule has 1 heterocycles. The normalized spacial score (nSPS) is 12.2. The lowest BCUT2D eigenvalue weighted by Gasteiger charge is -2.15. The van der Waals surface area contributed by atoms with E-state index in [0.29, 0.717) is 5.95 Å². The van der Waals surface area contributed by atoms with Crippen molar-refractivity contribution in [3.63, 3.8) is 0 Å². The highest BCUT2D eigenvalue weighted by Crippen LogP contribution is 2.15. The molecular weight excluding hydrogens is 231 g/mol. The molecule has 0 aliphatic rings. The third kappa shape index (κ3) is 4.85. The first-order valence-corrected chi connectivity index (χ1v) is 6.64. The number of hydrogen-bond donors (Lipinski definition) is 2. The van der Waals surface area contributed by atoms with Gasteiger partial charge in [0.1, 0.15) is 0 Å². The standard InChI is InChI=1S/C13H23FN4/c1-4-5-6-7-8-10(2)17-12-11(14)9-16-13(15-3)18-12/h9-10H,4-8H2,1-3H3,(H2,15,16,17,18). The molecule has 1 aromatic rings. The Hall–Kier alpha value is -1.39. The monoisotopic (exact) mass is 254 g/mol. The van der Waals surface area contributed by atoms with E-state index in [0.717, 1.165) is 12.8 Å². The first-order valence-electron chi connectivity index (χ1n) is 6.64. The van der Waals surface area contributed by atoms with E-state index in [4.69, 9.17) is 0 Å². The van der Waals surface area contributed by atoms with E-state index in [1.165, 1.54) is 25.5 Å². The van der Waals surface area contributed by atoms with Crippen LogP contribution in [0, 0.1) is 5.82 Å². The van der Waals surface area contributed by atoms with Gasteiger partial charge in [0, 0.05) is 13.1 Å². The first-order chi connectivity index (χ1) is 8.67. The van der Waals surface area contributed by atoms with Crippen LogP contribution in [0.25, 0.3) is 0 Å². The molecule has 0 spiro atoms. The lowest BCUT2D eigenvalue weighted by molar-refractivity contribution is 0.580. The zero-order valence-electron chi connectivity index (χ0n) is 11.5. The van der Waals surface area contributed by atoms with E-state index < -0.39 is 5.82 Å². The van der Waals surface area contributed by atoms with E-state index >= 15 is 0 Å². The third-order valence-electron chi connectivity index (χ3n) is 2.84. The summed E-state index contributed by atoms with van der Waals surface area (Å²) < 4.78 is 13.5. The number of aromatic nitrogens is 2. The molecule has 0 radical (unpaired) electrons. The first kappa shape index (κ1) is 14.7. The lowest BCUT2D eigenvalue weighted by Crippen LogP contribution is -2.17. The SMILES string of the molecule is CCCCCCC(C)Nc1nc(NC)ncc1F. The van der Waals surface area contributed by atoms with Crippen molar-refractivity contribution in [2.75, 3.05) is 17.7 Å². The predicted octanol–water partition coefficient (Wildman–Crippen LogP) is 3.43. The molecular formula is C13H23FN4. The Morgan fingerprint density at radius 3 is 2.78 bits per heavy atom. The number of nitrogens with zero attached hydrogens (tertiary/aromatic N) is 2. The topological polar surface area (TPSA) is 49.8 Å². The molecule has 102 valence electrons. The molecule has 0 bridgehead atoms. The fourth-order valence-electron chi connectivity index (χ4n) is 1.77. The Morgan fingerprint density at radius 2 is 2.11 bits per heavy atom. The van der Waals surface area contributed by atoms with Crippen LogP contribution < -0.4 is 10.6 Å². The molecule has 4 nitrogen and oxygen atoms in total. The Kier molecular flexibility index (Phi) is 6.39. The smallest absolute Gasteiger partial charge is 0.224 e. The molecule has 0 fully saturated rings. The minimum absolute atomic E-state index is 0.218. The molecule has 5 heteroatoms. The summed E-state index contributed by atoms with van der Waals surface area (Å²) >= 11 is 0. The molecule has 18 heavy (non-hydrogen) atoms. The summed E-state index contributed by atoms with van der Waals surface area (Å²) in [6.45, 7) is 4.24. The van der Waals surface area contributed by atoms with Crippen LogP contribution in [0.4, 0.5) is 16.2 Å². The summed E-state index contributed by atoms with van der Waals surface area (Å²) in [5, 5.41) is 5.89. The van der Waals surface area contributed by atoms with Gasteiger partial charge in [0.25, 0.3) is 0 Å². The second-order valence-electron chi connectivity index (χ2n) is 4.53. The molecule has 0 aromatic carbocycles. The third-order valence-corrected chi connectivity index (χ3v) is 2.84. The minimum Gasteiger partial charge on any atom is -0.365 e. The lowest BCUT2D eigenvalue weighted by atomic mass is 10.1. The van der Waals surface area contributed by atoms with Gasteiger partial charge >= 0.3 is 0 Å². The Morgan fingerprint density at radius 1 is 1.33 bits per heavy atom. The highest BCUT2D eigenvalue weighted by atomic mass is 19.1. The van der Waals surface area contributed by atoms with Gasteiger partial charge in [0.15, 0.2) is 11.6 Å². The summed E-state index contributed by atoms with van der Waals surface area (Å²) in [5.74, 6) is 0.295. The quantitative estimate of drug-likeness (QED) is 0.698. The highest BCUT2D eigenvalue weighted by Gasteiger charge is 2.09. The molecule has 2 N–H and O–H groups in total. The molecule has 0 saturated heterocycles. The van der Waals surface area contributed by atoms with Crippen molar-refractivity contribution in [3.8, 4) is 0 Å². The van der Waals surface area contributed by atoms with Gasteiger partial charge in [0.05, 0.1) is 6.20 Å². The van der Waals surface area contributed by atoms with Gasteiger partial charge in [-0.3, -0.25) is 0 Å². The van der Waals surface area contributed by atoms with E-state index in [9.17, 15) is 4.39 Å². The number of unbranched alkanes of at least 4 members (excludes halogenated alkanes) is 3. The number of rotatable bonds is 8. The predicted molar refractivity (Wildman–Crippen MR) is 73.4 cm³/mol. The summed E-state index contributed by atoms with van der Waals surface area (Å²) in [4.78, 5) is 7.88. The van der Waals surface area contributed by atoms with E-state index in [1.54, 1.807) is 7.05 Å². The van der Waals surface area contributed by atoms with Gasteiger partial charge in [-0.1, -0.05) is 32.6 Å². The van der Waals surface area contributed by atoms with Gasteiger partial charge < -0.3 is 10.6 Å². The molecule has 0 saturated carbocycles. The van der Waals surface area contributed by atoms with Crippen molar-refractivity contribution >= 4 is 11.8 Å². The van der Waals surface area contributed by atoms with Crippen molar-refractivity contribution in [1.82, 2.24) is 9.97 Å². The van der Waals surface area contributed by atoms with Crippen LogP contribution in [0.5, 0.6) is 0 Å².